The average molecular weight is 286 g/mol. The number of para-hydroxylation sites is 1. The molecule has 1 heterocycles. The Labute approximate surface area is 118 Å². The Balaban J connectivity index is 3.08. The van der Waals surface area contributed by atoms with Gasteiger partial charge in [-0.25, -0.2) is 14.2 Å². The van der Waals surface area contributed by atoms with E-state index in [-0.39, 0.29) is 16.5 Å². The van der Waals surface area contributed by atoms with Gasteiger partial charge < -0.3 is 9.47 Å². The summed E-state index contributed by atoms with van der Waals surface area (Å²) < 4.78 is 9.87. The molecular weight excluding hydrogens is 276 g/mol. The van der Waals surface area contributed by atoms with Gasteiger partial charge in [0.15, 0.2) is 0 Å². The predicted molar refractivity (Wildman–Crippen MR) is 72.1 cm³/mol. The number of fused-ring (bicyclic) bond motifs is 1. The van der Waals surface area contributed by atoms with Crippen LogP contribution in [0.2, 0.25) is 0 Å². The summed E-state index contributed by atoms with van der Waals surface area (Å²) in [4.78, 5) is 35.9. The quantitative estimate of drug-likeness (QED) is 0.732. The second kappa shape index (κ2) is 5.46. The van der Waals surface area contributed by atoms with Crippen LogP contribution in [0.15, 0.2) is 29.1 Å². The van der Waals surface area contributed by atoms with Crippen LogP contribution in [0.3, 0.4) is 0 Å². The second-order valence-corrected chi connectivity index (χ2v) is 3.98. The van der Waals surface area contributed by atoms with E-state index in [1.807, 2.05) is 0 Å². The minimum absolute atomic E-state index is 0.161. The van der Waals surface area contributed by atoms with Gasteiger partial charge in [0.2, 0.25) is 0 Å². The van der Waals surface area contributed by atoms with Crippen LogP contribution < -0.4 is 5.56 Å². The highest BCUT2D eigenvalue weighted by atomic mass is 16.5. The van der Waals surface area contributed by atoms with E-state index in [0.717, 1.165) is 14.2 Å². The van der Waals surface area contributed by atoms with Gasteiger partial charge in [0.05, 0.1) is 25.3 Å². The number of carbonyl (C=O) groups is 2. The lowest BCUT2D eigenvalue weighted by Crippen LogP contribution is -2.31. The Hall–Kier alpha value is -3.14. The minimum Gasteiger partial charge on any atom is -0.465 e. The van der Waals surface area contributed by atoms with Gasteiger partial charge in [-0.05, 0) is 6.07 Å². The Morgan fingerprint density at radius 1 is 1.19 bits per heavy atom. The fourth-order valence-corrected chi connectivity index (χ4v) is 2.03. The van der Waals surface area contributed by atoms with Crippen molar-refractivity contribution < 1.29 is 19.1 Å². The summed E-state index contributed by atoms with van der Waals surface area (Å²) >= 11 is 0. The van der Waals surface area contributed by atoms with Crippen molar-refractivity contribution in [2.75, 3.05) is 14.2 Å². The number of esters is 1. The van der Waals surface area contributed by atoms with E-state index in [0.29, 0.717) is 4.57 Å². The fourth-order valence-electron chi connectivity index (χ4n) is 2.03. The zero-order valence-electron chi connectivity index (χ0n) is 11.2. The topological polar surface area (TPSA) is 98.4 Å². The molecule has 106 valence electrons. The molecule has 2 aromatic rings. The molecule has 0 atom stereocenters. The molecule has 0 spiro atoms. The normalized spacial score (nSPS) is 9.95. The second-order valence-electron chi connectivity index (χ2n) is 3.98. The first kappa shape index (κ1) is 14.3. The predicted octanol–water partition coefficient (Wildman–Crippen LogP) is 1.27. The summed E-state index contributed by atoms with van der Waals surface area (Å²) in [5, 5.41) is 9.41. The van der Waals surface area contributed by atoms with Gasteiger partial charge in [-0.1, -0.05) is 18.2 Å². The number of ether oxygens (including phenoxy) is 2. The van der Waals surface area contributed by atoms with Gasteiger partial charge in [0.1, 0.15) is 11.6 Å². The number of nitrogens with zero attached hydrogens (tertiary/aromatic N) is 2. The van der Waals surface area contributed by atoms with Crippen molar-refractivity contribution in [3.63, 3.8) is 0 Å². The van der Waals surface area contributed by atoms with Crippen LogP contribution in [0.1, 0.15) is 15.9 Å². The third kappa shape index (κ3) is 2.12. The Morgan fingerprint density at radius 2 is 1.86 bits per heavy atom. The van der Waals surface area contributed by atoms with Crippen molar-refractivity contribution in [2.24, 2.45) is 0 Å². The largest absolute Gasteiger partial charge is 0.465 e. The van der Waals surface area contributed by atoms with E-state index in [1.165, 1.54) is 12.1 Å². The summed E-state index contributed by atoms with van der Waals surface area (Å²) in [6, 6.07) is 7.84. The molecule has 0 bridgehead atoms. The van der Waals surface area contributed by atoms with Gasteiger partial charge in [-0.15, -0.1) is 0 Å². The zero-order chi connectivity index (χ0) is 15.6. The molecule has 7 nitrogen and oxygen atoms in total. The molecule has 7 heteroatoms. The molecular formula is C14H10N2O5. The summed E-state index contributed by atoms with van der Waals surface area (Å²) in [6.45, 7) is 0. The SMILES string of the molecule is COC(=O)c1c(C#N)c(=O)n(C(=O)OC)c2ccccc12. The maximum atomic E-state index is 12.3. The van der Waals surface area contributed by atoms with E-state index in [2.05, 4.69) is 9.47 Å². The van der Waals surface area contributed by atoms with Gasteiger partial charge in [-0.3, -0.25) is 4.79 Å². The number of benzene rings is 1. The maximum absolute atomic E-state index is 12.3. The van der Waals surface area contributed by atoms with E-state index in [1.54, 1.807) is 18.2 Å². The molecule has 0 fully saturated rings. The smallest absolute Gasteiger partial charge is 0.421 e. The summed E-state index contributed by atoms with van der Waals surface area (Å²) in [6.07, 6.45) is -0.941. The first-order valence-corrected chi connectivity index (χ1v) is 5.81. The number of nitriles is 1. The molecule has 0 aliphatic rings. The molecule has 0 saturated carbocycles. The Kier molecular flexibility index (Phi) is 3.71. The lowest BCUT2D eigenvalue weighted by molar-refractivity contribution is 0.0602. The minimum atomic E-state index is -0.941. The molecule has 0 unspecified atom stereocenters. The summed E-state index contributed by atoms with van der Waals surface area (Å²) in [5.74, 6) is -0.822. The number of pyridine rings is 1. The number of hydrogen-bond acceptors (Lipinski definition) is 6. The van der Waals surface area contributed by atoms with Crippen molar-refractivity contribution in [1.29, 1.82) is 5.26 Å². The highest BCUT2D eigenvalue weighted by molar-refractivity contribution is 6.07. The zero-order valence-corrected chi connectivity index (χ0v) is 11.2. The van der Waals surface area contributed by atoms with Crippen molar-refractivity contribution in [2.45, 2.75) is 0 Å². The average Bonchev–Trinajstić information content (AvgIpc) is 2.52. The van der Waals surface area contributed by atoms with Crippen LogP contribution in [0, 0.1) is 11.3 Å². The molecule has 0 radical (unpaired) electrons. The number of rotatable bonds is 1. The molecule has 1 aromatic heterocycles. The lowest BCUT2D eigenvalue weighted by Gasteiger charge is -2.12. The fraction of sp³-hybridized carbons (Fsp3) is 0.143. The molecule has 21 heavy (non-hydrogen) atoms. The van der Waals surface area contributed by atoms with Gasteiger partial charge in [0, 0.05) is 5.39 Å². The first-order chi connectivity index (χ1) is 10.1. The Bertz CT molecular complexity index is 845. The van der Waals surface area contributed by atoms with Crippen LogP contribution in [-0.2, 0) is 9.47 Å². The van der Waals surface area contributed by atoms with E-state index in [9.17, 15) is 14.4 Å². The molecule has 1 aromatic carbocycles. The molecule has 0 aliphatic carbocycles. The standard InChI is InChI=1S/C14H10N2O5/c1-20-13(18)11-8-5-3-4-6-10(8)16(14(19)21-2)12(17)9(11)7-15/h3-6H,1-2H3. The number of carbonyl (C=O) groups excluding carboxylic acids is 2. The number of aromatic nitrogens is 1. The first-order valence-electron chi connectivity index (χ1n) is 5.81. The molecule has 0 N–H and O–H groups in total. The highest BCUT2D eigenvalue weighted by Gasteiger charge is 2.24. The van der Waals surface area contributed by atoms with E-state index in [4.69, 9.17) is 5.26 Å². The van der Waals surface area contributed by atoms with Crippen LogP contribution in [0.25, 0.3) is 10.9 Å². The van der Waals surface area contributed by atoms with E-state index >= 15 is 0 Å². The van der Waals surface area contributed by atoms with Crippen molar-refractivity contribution in [1.82, 2.24) is 4.57 Å². The maximum Gasteiger partial charge on any atom is 0.421 e. The van der Waals surface area contributed by atoms with E-state index < -0.39 is 23.2 Å². The monoisotopic (exact) mass is 286 g/mol. The molecule has 0 amide bonds. The van der Waals surface area contributed by atoms with Crippen LogP contribution in [-0.4, -0.2) is 30.8 Å². The van der Waals surface area contributed by atoms with Crippen molar-refractivity contribution in [3.05, 3.63) is 45.7 Å². The highest BCUT2D eigenvalue weighted by Crippen LogP contribution is 2.21. The lowest BCUT2D eigenvalue weighted by atomic mass is 10.0. The molecule has 2 rings (SSSR count). The van der Waals surface area contributed by atoms with Crippen LogP contribution in [0.4, 0.5) is 4.79 Å². The van der Waals surface area contributed by atoms with Gasteiger partial charge in [-0.2, -0.15) is 5.26 Å². The van der Waals surface area contributed by atoms with Crippen LogP contribution >= 0.6 is 0 Å². The summed E-state index contributed by atoms with van der Waals surface area (Å²) in [5.41, 5.74) is -1.40. The molecule has 0 aliphatic heterocycles. The Morgan fingerprint density at radius 3 is 2.43 bits per heavy atom. The van der Waals surface area contributed by atoms with Crippen LogP contribution in [0.5, 0.6) is 0 Å². The number of methoxy groups -OCH3 is 2. The van der Waals surface area contributed by atoms with Gasteiger partial charge in [0.25, 0.3) is 5.56 Å². The van der Waals surface area contributed by atoms with Gasteiger partial charge >= 0.3 is 12.1 Å². The van der Waals surface area contributed by atoms with Crippen molar-refractivity contribution in [3.8, 4) is 6.07 Å². The molecule has 0 saturated heterocycles. The van der Waals surface area contributed by atoms with Crippen molar-refractivity contribution >= 4 is 23.0 Å². The third-order valence-corrected chi connectivity index (χ3v) is 2.94. The summed E-state index contributed by atoms with van der Waals surface area (Å²) in [7, 11) is 2.26. The third-order valence-electron chi connectivity index (χ3n) is 2.94. The number of hydrogen-bond donors (Lipinski definition) is 0.